The maximum atomic E-state index is 10.2. The molecule has 98 valence electrons. The second-order valence-electron chi connectivity index (χ2n) is 4.12. The number of unbranched alkanes of at least 4 members (excludes halogenated alkanes) is 7. The molecule has 0 rings (SSSR count). The molecule has 0 aromatic carbocycles. The third-order valence-corrected chi connectivity index (χ3v) is 2.53. The molecule has 0 saturated heterocycles. The average molecular weight is 272 g/mol. The maximum absolute atomic E-state index is 10.2. The summed E-state index contributed by atoms with van der Waals surface area (Å²) in [6, 6.07) is 0. The fourth-order valence-corrected chi connectivity index (χ4v) is 1.61. The van der Waals surface area contributed by atoms with Gasteiger partial charge in [-0.05, 0) is 12.8 Å². The molecule has 0 heterocycles. The van der Waals surface area contributed by atoms with Gasteiger partial charge < -0.3 is 10.2 Å². The standard InChI is InChI=1S/C12H22O4.Ca.2H/c13-11(14)9-7-5-3-1-2-4-6-8-10-12(15)16;;;/h1-10H2,(H,13,14)(H,15,16);;;. The first-order valence-electron chi connectivity index (χ1n) is 6.06. The Morgan fingerprint density at radius 2 is 0.824 bits per heavy atom. The Bertz CT molecular complexity index is 185. The average Bonchev–Trinajstić information content (AvgIpc) is 2.20. The Balaban J connectivity index is 0. The van der Waals surface area contributed by atoms with Crippen LogP contribution in [-0.2, 0) is 9.59 Å². The molecule has 0 aliphatic carbocycles. The summed E-state index contributed by atoms with van der Waals surface area (Å²) in [6.07, 6.45) is 8.51. The van der Waals surface area contributed by atoms with Crippen LogP contribution in [-0.4, -0.2) is 59.9 Å². The summed E-state index contributed by atoms with van der Waals surface area (Å²) in [7, 11) is 0. The van der Waals surface area contributed by atoms with E-state index in [4.69, 9.17) is 10.2 Å². The fourth-order valence-electron chi connectivity index (χ4n) is 1.61. The van der Waals surface area contributed by atoms with Crippen molar-refractivity contribution in [1.82, 2.24) is 0 Å². The molecule has 0 saturated carbocycles. The van der Waals surface area contributed by atoms with Crippen molar-refractivity contribution in [1.29, 1.82) is 0 Å². The molecule has 0 spiro atoms. The van der Waals surface area contributed by atoms with Crippen molar-refractivity contribution in [2.24, 2.45) is 0 Å². The van der Waals surface area contributed by atoms with Crippen molar-refractivity contribution < 1.29 is 19.8 Å². The molecule has 0 atom stereocenters. The molecular weight excluding hydrogens is 248 g/mol. The number of carboxylic acid groups (broad SMARTS) is 2. The molecule has 0 radical (unpaired) electrons. The van der Waals surface area contributed by atoms with Gasteiger partial charge in [-0.1, -0.05) is 38.5 Å². The predicted molar refractivity (Wildman–Crippen MR) is 70.0 cm³/mol. The van der Waals surface area contributed by atoms with Crippen LogP contribution in [0, 0.1) is 0 Å². The van der Waals surface area contributed by atoms with Gasteiger partial charge >= 0.3 is 49.7 Å². The van der Waals surface area contributed by atoms with E-state index < -0.39 is 11.9 Å². The topological polar surface area (TPSA) is 74.6 Å². The molecule has 2 N–H and O–H groups in total. The molecular formula is C12H24CaO4. The summed E-state index contributed by atoms with van der Waals surface area (Å²) >= 11 is 0. The van der Waals surface area contributed by atoms with Crippen molar-refractivity contribution in [2.45, 2.75) is 64.2 Å². The van der Waals surface area contributed by atoms with Gasteiger partial charge in [0.15, 0.2) is 0 Å². The molecule has 5 heteroatoms. The number of carboxylic acids is 2. The van der Waals surface area contributed by atoms with E-state index in [0.29, 0.717) is 0 Å². The zero-order valence-electron chi connectivity index (χ0n) is 9.78. The van der Waals surface area contributed by atoms with Crippen molar-refractivity contribution >= 4 is 49.7 Å². The molecule has 0 amide bonds. The zero-order valence-corrected chi connectivity index (χ0v) is 9.78. The van der Waals surface area contributed by atoms with Crippen LogP contribution in [0.4, 0.5) is 0 Å². The molecule has 17 heavy (non-hydrogen) atoms. The monoisotopic (exact) mass is 272 g/mol. The van der Waals surface area contributed by atoms with E-state index in [2.05, 4.69) is 0 Å². The summed E-state index contributed by atoms with van der Waals surface area (Å²) in [5.41, 5.74) is 0. The van der Waals surface area contributed by atoms with Crippen LogP contribution < -0.4 is 0 Å². The first-order valence-corrected chi connectivity index (χ1v) is 6.06. The van der Waals surface area contributed by atoms with Gasteiger partial charge in [0.1, 0.15) is 0 Å². The quantitative estimate of drug-likeness (QED) is 0.446. The Kier molecular flexibility index (Phi) is 16.4. The van der Waals surface area contributed by atoms with Gasteiger partial charge in [-0.2, -0.15) is 0 Å². The van der Waals surface area contributed by atoms with Crippen LogP contribution in [0.1, 0.15) is 64.2 Å². The summed E-state index contributed by atoms with van der Waals surface area (Å²) < 4.78 is 0. The van der Waals surface area contributed by atoms with Crippen LogP contribution in [0.15, 0.2) is 0 Å². The first kappa shape index (κ1) is 19.5. The fraction of sp³-hybridized carbons (Fsp3) is 0.833. The Morgan fingerprint density at radius 1 is 0.588 bits per heavy atom. The van der Waals surface area contributed by atoms with Gasteiger partial charge in [0, 0.05) is 12.8 Å². The number of carbonyl (C=O) groups is 2. The number of hydrogen-bond acceptors (Lipinski definition) is 2. The normalized spacial score (nSPS) is 9.65. The summed E-state index contributed by atoms with van der Waals surface area (Å²) in [4.78, 5) is 20.4. The van der Waals surface area contributed by atoms with E-state index in [1.165, 1.54) is 0 Å². The van der Waals surface area contributed by atoms with Gasteiger partial charge in [-0.25, -0.2) is 0 Å². The summed E-state index contributed by atoms with van der Waals surface area (Å²) in [5.74, 6) is -1.43. The van der Waals surface area contributed by atoms with Crippen molar-refractivity contribution in [3.8, 4) is 0 Å². The van der Waals surface area contributed by atoms with Gasteiger partial charge in [0.2, 0.25) is 0 Å². The van der Waals surface area contributed by atoms with Gasteiger partial charge in [0.05, 0.1) is 0 Å². The van der Waals surface area contributed by atoms with Crippen molar-refractivity contribution in [3.63, 3.8) is 0 Å². The van der Waals surface area contributed by atoms with Crippen LogP contribution >= 0.6 is 0 Å². The molecule has 0 aliphatic heterocycles. The third-order valence-electron chi connectivity index (χ3n) is 2.53. The molecule has 0 aliphatic rings. The van der Waals surface area contributed by atoms with E-state index >= 15 is 0 Å². The zero-order chi connectivity index (χ0) is 12.2. The van der Waals surface area contributed by atoms with Crippen LogP contribution in [0.25, 0.3) is 0 Å². The summed E-state index contributed by atoms with van der Waals surface area (Å²) in [6.45, 7) is 0. The van der Waals surface area contributed by atoms with Crippen LogP contribution in [0.2, 0.25) is 0 Å². The van der Waals surface area contributed by atoms with E-state index in [1.807, 2.05) is 0 Å². The van der Waals surface area contributed by atoms with Crippen molar-refractivity contribution in [2.75, 3.05) is 0 Å². The molecule has 0 aromatic rings. The second kappa shape index (κ2) is 14.3. The van der Waals surface area contributed by atoms with E-state index in [1.54, 1.807) is 0 Å². The predicted octanol–water partition coefficient (Wildman–Crippen LogP) is 2.14. The van der Waals surface area contributed by atoms with Gasteiger partial charge in [-0.3, -0.25) is 9.59 Å². The van der Waals surface area contributed by atoms with Crippen LogP contribution in [0.3, 0.4) is 0 Å². The summed E-state index contributed by atoms with van der Waals surface area (Å²) in [5, 5.41) is 16.8. The van der Waals surface area contributed by atoms with E-state index in [-0.39, 0.29) is 50.6 Å². The van der Waals surface area contributed by atoms with Crippen molar-refractivity contribution in [3.05, 3.63) is 0 Å². The van der Waals surface area contributed by atoms with E-state index in [9.17, 15) is 9.59 Å². The third kappa shape index (κ3) is 18.7. The first-order chi connectivity index (χ1) is 7.63. The number of rotatable bonds is 11. The molecule has 0 bridgehead atoms. The molecule has 0 aromatic heterocycles. The molecule has 0 unspecified atom stereocenters. The van der Waals surface area contributed by atoms with Gasteiger partial charge in [-0.15, -0.1) is 0 Å². The Morgan fingerprint density at radius 3 is 1.06 bits per heavy atom. The second-order valence-corrected chi connectivity index (χ2v) is 4.12. The molecule has 4 nitrogen and oxygen atoms in total. The molecule has 0 fully saturated rings. The SMILES string of the molecule is O=C(O)CCCCCCCCCCC(=O)O.[CaH2]. The number of hydrogen-bond donors (Lipinski definition) is 2. The van der Waals surface area contributed by atoms with Crippen LogP contribution in [0.5, 0.6) is 0 Å². The van der Waals surface area contributed by atoms with Gasteiger partial charge in [0.25, 0.3) is 0 Å². The minimum absolute atomic E-state index is 0. The van der Waals surface area contributed by atoms with E-state index in [0.717, 1.165) is 51.4 Å². The Hall–Kier alpha value is 0.200. The minimum atomic E-state index is -0.714. The Labute approximate surface area is 133 Å². The number of aliphatic carboxylic acids is 2.